The predicted octanol–water partition coefficient (Wildman–Crippen LogP) is 0.503. The summed E-state index contributed by atoms with van der Waals surface area (Å²) in [4.78, 5) is 19.7. The Kier molecular flexibility index (Phi) is 2.79. The number of nitrogens with zero attached hydrogens (tertiary/aromatic N) is 3. The maximum atomic E-state index is 11.3. The van der Waals surface area contributed by atoms with Crippen molar-refractivity contribution in [2.45, 2.75) is 18.5 Å². The fraction of sp³-hybridized carbons (Fsp3) is 0.308. The zero-order chi connectivity index (χ0) is 13.4. The van der Waals surface area contributed by atoms with Gasteiger partial charge in [-0.15, -0.1) is 0 Å². The molecule has 6 heteroatoms. The standard InChI is InChI=1S/C13H14N4O2/c1-17-7-15-12-10(17)5-9(13(18)19)16-11(12)8-3-2-4-14-6-8/h2-4,6-7,9,11,16H,5H2,1H3,(H,18,19). The molecule has 1 aliphatic heterocycles. The third kappa shape index (κ3) is 2.00. The van der Waals surface area contributed by atoms with Gasteiger partial charge in [0.15, 0.2) is 0 Å². The van der Waals surface area contributed by atoms with Crippen molar-refractivity contribution < 1.29 is 9.90 Å². The van der Waals surface area contributed by atoms with Gasteiger partial charge in [0.05, 0.1) is 18.1 Å². The quantitative estimate of drug-likeness (QED) is 0.820. The van der Waals surface area contributed by atoms with Crippen molar-refractivity contribution in [1.29, 1.82) is 0 Å². The number of carbonyl (C=O) groups is 1. The number of carboxylic acid groups (broad SMARTS) is 1. The van der Waals surface area contributed by atoms with Crippen LogP contribution in [0.25, 0.3) is 0 Å². The van der Waals surface area contributed by atoms with Gasteiger partial charge in [0.2, 0.25) is 0 Å². The molecule has 3 heterocycles. The van der Waals surface area contributed by atoms with Crippen LogP contribution in [0.3, 0.4) is 0 Å². The molecule has 3 rings (SSSR count). The lowest BCUT2D eigenvalue weighted by Gasteiger charge is -2.28. The first-order chi connectivity index (χ1) is 9.16. The number of rotatable bonds is 2. The van der Waals surface area contributed by atoms with E-state index in [0.29, 0.717) is 6.42 Å². The van der Waals surface area contributed by atoms with E-state index in [1.54, 1.807) is 18.7 Å². The Morgan fingerprint density at radius 1 is 1.58 bits per heavy atom. The van der Waals surface area contributed by atoms with Crippen molar-refractivity contribution in [3.63, 3.8) is 0 Å². The number of aromatic nitrogens is 3. The molecule has 19 heavy (non-hydrogen) atoms. The molecule has 0 aliphatic carbocycles. The Morgan fingerprint density at radius 2 is 2.42 bits per heavy atom. The smallest absolute Gasteiger partial charge is 0.321 e. The van der Waals surface area contributed by atoms with Gasteiger partial charge in [-0.2, -0.15) is 0 Å². The van der Waals surface area contributed by atoms with Gasteiger partial charge in [0, 0.05) is 31.6 Å². The molecule has 98 valence electrons. The zero-order valence-corrected chi connectivity index (χ0v) is 10.4. The lowest BCUT2D eigenvalue weighted by molar-refractivity contribution is -0.139. The van der Waals surface area contributed by atoms with Gasteiger partial charge in [0.25, 0.3) is 0 Å². The SMILES string of the molecule is Cn1cnc2c1CC(C(=O)O)NC2c1cccnc1. The summed E-state index contributed by atoms with van der Waals surface area (Å²) >= 11 is 0. The summed E-state index contributed by atoms with van der Waals surface area (Å²) in [6.45, 7) is 0. The van der Waals surface area contributed by atoms with Gasteiger partial charge in [-0.05, 0) is 11.6 Å². The molecule has 0 radical (unpaired) electrons. The Hall–Kier alpha value is -2.21. The van der Waals surface area contributed by atoms with E-state index < -0.39 is 12.0 Å². The second-order valence-electron chi connectivity index (χ2n) is 4.67. The summed E-state index contributed by atoms with van der Waals surface area (Å²) in [7, 11) is 1.89. The molecule has 0 spiro atoms. The normalized spacial score (nSPS) is 21.9. The van der Waals surface area contributed by atoms with Crippen LogP contribution >= 0.6 is 0 Å². The minimum atomic E-state index is -0.847. The third-order valence-corrected chi connectivity index (χ3v) is 3.45. The monoisotopic (exact) mass is 258 g/mol. The number of carboxylic acids is 1. The van der Waals surface area contributed by atoms with Crippen molar-refractivity contribution >= 4 is 5.97 Å². The van der Waals surface area contributed by atoms with Crippen molar-refractivity contribution in [1.82, 2.24) is 19.9 Å². The lowest BCUT2D eigenvalue weighted by Crippen LogP contribution is -2.45. The molecular weight excluding hydrogens is 244 g/mol. The molecule has 0 saturated carbocycles. The molecule has 2 unspecified atom stereocenters. The fourth-order valence-corrected chi connectivity index (χ4v) is 2.46. The lowest BCUT2D eigenvalue weighted by atomic mass is 9.95. The van der Waals surface area contributed by atoms with Crippen LogP contribution < -0.4 is 5.32 Å². The number of pyridine rings is 1. The summed E-state index contributed by atoms with van der Waals surface area (Å²) in [6, 6.07) is 2.94. The van der Waals surface area contributed by atoms with Crippen LogP contribution in [0.5, 0.6) is 0 Å². The topological polar surface area (TPSA) is 80.0 Å². The van der Waals surface area contributed by atoms with E-state index in [0.717, 1.165) is 17.0 Å². The third-order valence-electron chi connectivity index (χ3n) is 3.45. The Labute approximate surface area is 110 Å². The number of hydrogen-bond donors (Lipinski definition) is 2. The second-order valence-corrected chi connectivity index (χ2v) is 4.67. The highest BCUT2D eigenvalue weighted by Gasteiger charge is 2.34. The van der Waals surface area contributed by atoms with Gasteiger partial charge in [-0.3, -0.25) is 15.1 Å². The van der Waals surface area contributed by atoms with Crippen molar-refractivity contribution in [2.24, 2.45) is 7.05 Å². The molecule has 2 N–H and O–H groups in total. The van der Waals surface area contributed by atoms with Gasteiger partial charge in [0.1, 0.15) is 6.04 Å². The molecule has 1 aliphatic rings. The highest BCUT2D eigenvalue weighted by atomic mass is 16.4. The fourth-order valence-electron chi connectivity index (χ4n) is 2.46. The van der Waals surface area contributed by atoms with E-state index in [2.05, 4.69) is 15.3 Å². The Morgan fingerprint density at radius 3 is 3.11 bits per heavy atom. The van der Waals surface area contributed by atoms with Crippen LogP contribution in [0.4, 0.5) is 0 Å². The maximum Gasteiger partial charge on any atom is 0.321 e. The highest BCUT2D eigenvalue weighted by molar-refractivity contribution is 5.74. The molecule has 0 bridgehead atoms. The first-order valence-electron chi connectivity index (χ1n) is 6.05. The van der Waals surface area contributed by atoms with E-state index in [4.69, 9.17) is 0 Å². The summed E-state index contributed by atoms with van der Waals surface area (Å²) in [5.74, 6) is -0.847. The number of imidazole rings is 1. The summed E-state index contributed by atoms with van der Waals surface area (Å²) in [5.41, 5.74) is 2.77. The van der Waals surface area contributed by atoms with E-state index in [1.165, 1.54) is 0 Å². The second kappa shape index (κ2) is 4.47. The number of aliphatic carboxylic acids is 1. The number of fused-ring (bicyclic) bond motifs is 1. The van der Waals surface area contributed by atoms with E-state index >= 15 is 0 Å². The molecule has 0 aromatic carbocycles. The minimum absolute atomic E-state index is 0.222. The van der Waals surface area contributed by atoms with E-state index in [9.17, 15) is 9.90 Å². The Balaban J connectivity index is 2.06. The largest absolute Gasteiger partial charge is 0.480 e. The highest BCUT2D eigenvalue weighted by Crippen LogP contribution is 2.28. The molecule has 0 amide bonds. The van der Waals surface area contributed by atoms with Crippen molar-refractivity contribution in [3.05, 3.63) is 47.8 Å². The average Bonchev–Trinajstić information content (AvgIpc) is 2.80. The predicted molar refractivity (Wildman–Crippen MR) is 67.6 cm³/mol. The van der Waals surface area contributed by atoms with Crippen LogP contribution in [0.2, 0.25) is 0 Å². The maximum absolute atomic E-state index is 11.3. The van der Waals surface area contributed by atoms with E-state index in [1.807, 2.05) is 23.7 Å². The first kappa shape index (κ1) is 11.9. The molecule has 2 aromatic rings. The van der Waals surface area contributed by atoms with E-state index in [-0.39, 0.29) is 6.04 Å². The van der Waals surface area contributed by atoms with Crippen LogP contribution in [0.15, 0.2) is 30.9 Å². The van der Waals surface area contributed by atoms with Gasteiger partial charge in [-0.25, -0.2) is 4.98 Å². The van der Waals surface area contributed by atoms with Crippen LogP contribution in [-0.4, -0.2) is 31.7 Å². The molecule has 0 saturated heterocycles. The minimum Gasteiger partial charge on any atom is -0.480 e. The van der Waals surface area contributed by atoms with Gasteiger partial charge >= 0.3 is 5.97 Å². The first-order valence-corrected chi connectivity index (χ1v) is 6.05. The van der Waals surface area contributed by atoms with Crippen LogP contribution in [-0.2, 0) is 18.3 Å². The molecule has 0 fully saturated rings. The van der Waals surface area contributed by atoms with Crippen molar-refractivity contribution in [3.8, 4) is 0 Å². The van der Waals surface area contributed by atoms with Crippen LogP contribution in [0, 0.1) is 0 Å². The number of hydrogen-bond acceptors (Lipinski definition) is 4. The number of nitrogens with one attached hydrogen (secondary N) is 1. The van der Waals surface area contributed by atoms with Crippen LogP contribution in [0.1, 0.15) is 23.0 Å². The number of aryl methyl sites for hydroxylation is 1. The summed E-state index contributed by atoms with van der Waals surface area (Å²) in [5, 5.41) is 12.4. The van der Waals surface area contributed by atoms with Crippen molar-refractivity contribution in [2.75, 3.05) is 0 Å². The molecule has 2 atom stereocenters. The molecule has 2 aromatic heterocycles. The zero-order valence-electron chi connectivity index (χ0n) is 10.4. The summed E-state index contributed by atoms with van der Waals surface area (Å²) in [6.07, 6.45) is 5.60. The molecule has 6 nitrogen and oxygen atoms in total. The molecular formula is C13H14N4O2. The van der Waals surface area contributed by atoms with Gasteiger partial charge < -0.3 is 9.67 Å². The average molecular weight is 258 g/mol. The summed E-state index contributed by atoms with van der Waals surface area (Å²) < 4.78 is 1.88. The Bertz CT molecular complexity index is 608. The van der Waals surface area contributed by atoms with Gasteiger partial charge in [-0.1, -0.05) is 6.07 Å².